The molecule has 0 spiro atoms. The number of amides is 1. The smallest absolute Gasteiger partial charge is 0.335 e. The molecular formula is C15H14N2O4. The van der Waals surface area contributed by atoms with Gasteiger partial charge in [0.05, 0.1) is 11.8 Å². The predicted molar refractivity (Wildman–Crippen MR) is 73.1 cm³/mol. The standard InChI is InChI=1S/C15H14N2O4/c1-9-7-16-21-13(9)14(18)17-6-5-11-10(8-17)3-2-4-12(11)15(19)20/h2-4,7H,5-6,8H2,1H3,(H,19,20). The van der Waals surface area contributed by atoms with Crippen LogP contribution in [0.25, 0.3) is 0 Å². The molecule has 0 radical (unpaired) electrons. The number of benzene rings is 1. The summed E-state index contributed by atoms with van der Waals surface area (Å²) in [6, 6.07) is 5.16. The number of fused-ring (bicyclic) bond motifs is 1. The van der Waals surface area contributed by atoms with Crippen LogP contribution < -0.4 is 0 Å². The third kappa shape index (κ3) is 2.29. The van der Waals surface area contributed by atoms with Gasteiger partial charge in [-0.2, -0.15) is 0 Å². The van der Waals surface area contributed by atoms with E-state index >= 15 is 0 Å². The maximum Gasteiger partial charge on any atom is 0.335 e. The highest BCUT2D eigenvalue weighted by Gasteiger charge is 2.27. The summed E-state index contributed by atoms with van der Waals surface area (Å²) >= 11 is 0. The van der Waals surface area contributed by atoms with Crippen LogP contribution in [0.1, 0.15) is 37.6 Å². The molecule has 108 valence electrons. The van der Waals surface area contributed by atoms with Gasteiger partial charge in [-0.1, -0.05) is 17.3 Å². The van der Waals surface area contributed by atoms with E-state index in [2.05, 4.69) is 5.16 Å². The Kier molecular flexibility index (Phi) is 3.21. The molecule has 0 saturated carbocycles. The lowest BCUT2D eigenvalue weighted by Crippen LogP contribution is -2.36. The number of aryl methyl sites for hydroxylation is 1. The summed E-state index contributed by atoms with van der Waals surface area (Å²) in [6.07, 6.45) is 2.03. The van der Waals surface area contributed by atoms with Crippen molar-refractivity contribution in [3.05, 3.63) is 52.4 Å². The van der Waals surface area contributed by atoms with Crippen LogP contribution in [0, 0.1) is 6.92 Å². The van der Waals surface area contributed by atoms with Crippen molar-refractivity contribution in [2.24, 2.45) is 0 Å². The van der Waals surface area contributed by atoms with E-state index in [4.69, 9.17) is 4.52 Å². The van der Waals surface area contributed by atoms with Crippen LogP contribution >= 0.6 is 0 Å². The van der Waals surface area contributed by atoms with E-state index in [-0.39, 0.29) is 11.7 Å². The monoisotopic (exact) mass is 286 g/mol. The summed E-state index contributed by atoms with van der Waals surface area (Å²) in [7, 11) is 0. The number of nitrogens with zero attached hydrogens (tertiary/aromatic N) is 2. The molecule has 0 atom stereocenters. The fraction of sp³-hybridized carbons (Fsp3) is 0.267. The predicted octanol–water partition coefficient (Wildman–Crippen LogP) is 1.88. The molecule has 1 aliphatic rings. The lowest BCUT2D eigenvalue weighted by molar-refractivity contribution is 0.0686. The molecule has 0 saturated heterocycles. The summed E-state index contributed by atoms with van der Waals surface area (Å²) in [6.45, 7) is 2.62. The highest BCUT2D eigenvalue weighted by Crippen LogP contribution is 2.24. The molecule has 3 rings (SSSR count). The number of carboxylic acids is 1. The second kappa shape index (κ2) is 5.05. The Morgan fingerprint density at radius 3 is 2.86 bits per heavy atom. The molecule has 21 heavy (non-hydrogen) atoms. The molecule has 1 amide bonds. The van der Waals surface area contributed by atoms with E-state index in [0.717, 1.165) is 11.1 Å². The molecule has 1 aromatic heterocycles. The van der Waals surface area contributed by atoms with E-state index < -0.39 is 5.97 Å². The number of carbonyl (C=O) groups is 2. The third-order valence-electron chi connectivity index (χ3n) is 3.73. The maximum atomic E-state index is 12.4. The molecule has 6 nitrogen and oxygen atoms in total. The van der Waals surface area contributed by atoms with Crippen molar-refractivity contribution in [3.63, 3.8) is 0 Å². The zero-order chi connectivity index (χ0) is 15.0. The van der Waals surface area contributed by atoms with Crippen molar-refractivity contribution in [2.75, 3.05) is 6.54 Å². The van der Waals surface area contributed by atoms with Crippen LogP contribution in [-0.2, 0) is 13.0 Å². The Balaban J connectivity index is 1.89. The van der Waals surface area contributed by atoms with Gasteiger partial charge in [-0.3, -0.25) is 4.79 Å². The van der Waals surface area contributed by atoms with Gasteiger partial charge in [0.15, 0.2) is 0 Å². The van der Waals surface area contributed by atoms with Crippen molar-refractivity contribution >= 4 is 11.9 Å². The largest absolute Gasteiger partial charge is 0.478 e. The van der Waals surface area contributed by atoms with E-state index in [1.807, 2.05) is 6.07 Å². The molecule has 0 aliphatic carbocycles. The minimum Gasteiger partial charge on any atom is -0.478 e. The van der Waals surface area contributed by atoms with Gasteiger partial charge in [-0.05, 0) is 30.5 Å². The quantitative estimate of drug-likeness (QED) is 0.911. The molecule has 2 heterocycles. The number of rotatable bonds is 2. The zero-order valence-electron chi connectivity index (χ0n) is 11.5. The minimum atomic E-state index is -0.933. The lowest BCUT2D eigenvalue weighted by Gasteiger charge is -2.29. The first-order valence-electron chi connectivity index (χ1n) is 6.62. The van der Waals surface area contributed by atoms with Crippen LogP contribution in [0.15, 0.2) is 28.9 Å². The first-order valence-corrected chi connectivity index (χ1v) is 6.62. The highest BCUT2D eigenvalue weighted by atomic mass is 16.5. The van der Waals surface area contributed by atoms with Gasteiger partial charge in [0.2, 0.25) is 5.76 Å². The number of aromatic nitrogens is 1. The van der Waals surface area contributed by atoms with Crippen molar-refractivity contribution < 1.29 is 19.2 Å². The summed E-state index contributed by atoms with van der Waals surface area (Å²) in [5.74, 6) is -0.901. The second-order valence-electron chi connectivity index (χ2n) is 5.06. The maximum absolute atomic E-state index is 12.4. The van der Waals surface area contributed by atoms with E-state index in [1.54, 1.807) is 24.0 Å². The van der Waals surface area contributed by atoms with Gasteiger partial charge in [-0.25, -0.2) is 4.79 Å². The molecule has 2 aromatic rings. The fourth-order valence-electron chi connectivity index (χ4n) is 2.62. The number of aromatic carboxylic acids is 1. The second-order valence-corrected chi connectivity index (χ2v) is 5.06. The van der Waals surface area contributed by atoms with Crippen LogP contribution in [0.3, 0.4) is 0 Å². The molecule has 0 unspecified atom stereocenters. The van der Waals surface area contributed by atoms with Gasteiger partial charge in [-0.15, -0.1) is 0 Å². The number of hydrogen-bond acceptors (Lipinski definition) is 4. The van der Waals surface area contributed by atoms with Gasteiger partial charge in [0, 0.05) is 18.7 Å². The molecule has 1 aliphatic heterocycles. The van der Waals surface area contributed by atoms with Crippen LogP contribution in [0.2, 0.25) is 0 Å². The number of hydrogen-bond donors (Lipinski definition) is 1. The van der Waals surface area contributed by atoms with Gasteiger partial charge >= 0.3 is 5.97 Å². The molecular weight excluding hydrogens is 272 g/mol. The van der Waals surface area contributed by atoms with Gasteiger partial charge in [0.25, 0.3) is 5.91 Å². The van der Waals surface area contributed by atoms with Crippen molar-refractivity contribution in [1.82, 2.24) is 10.1 Å². The number of carboxylic acid groups (broad SMARTS) is 1. The van der Waals surface area contributed by atoms with Crippen LogP contribution in [-0.4, -0.2) is 33.6 Å². The van der Waals surface area contributed by atoms with Crippen molar-refractivity contribution in [2.45, 2.75) is 19.9 Å². The lowest BCUT2D eigenvalue weighted by atomic mass is 9.94. The van der Waals surface area contributed by atoms with Crippen molar-refractivity contribution in [1.29, 1.82) is 0 Å². The summed E-state index contributed by atoms with van der Waals surface area (Å²) in [5, 5.41) is 12.8. The summed E-state index contributed by atoms with van der Waals surface area (Å²) in [4.78, 5) is 25.3. The normalized spacial score (nSPS) is 13.9. The zero-order valence-corrected chi connectivity index (χ0v) is 11.5. The molecule has 0 fully saturated rings. The average Bonchev–Trinajstić information content (AvgIpc) is 2.91. The van der Waals surface area contributed by atoms with E-state index in [9.17, 15) is 14.7 Å². The first-order chi connectivity index (χ1) is 10.1. The van der Waals surface area contributed by atoms with E-state index in [1.165, 1.54) is 6.20 Å². The molecule has 0 bridgehead atoms. The third-order valence-corrected chi connectivity index (χ3v) is 3.73. The van der Waals surface area contributed by atoms with Crippen LogP contribution in [0.5, 0.6) is 0 Å². The Labute approximate surface area is 121 Å². The fourth-order valence-corrected chi connectivity index (χ4v) is 2.62. The van der Waals surface area contributed by atoms with Crippen LogP contribution in [0.4, 0.5) is 0 Å². The van der Waals surface area contributed by atoms with Gasteiger partial charge < -0.3 is 14.5 Å². The average molecular weight is 286 g/mol. The SMILES string of the molecule is Cc1cnoc1C(=O)N1CCc2c(cccc2C(=O)O)C1. The molecule has 1 aromatic carbocycles. The Bertz CT molecular complexity index is 720. The Morgan fingerprint density at radius 1 is 1.38 bits per heavy atom. The summed E-state index contributed by atoms with van der Waals surface area (Å²) in [5.41, 5.74) is 2.69. The highest BCUT2D eigenvalue weighted by molar-refractivity contribution is 5.93. The Morgan fingerprint density at radius 2 is 2.19 bits per heavy atom. The minimum absolute atomic E-state index is 0.212. The van der Waals surface area contributed by atoms with E-state index in [0.29, 0.717) is 30.6 Å². The van der Waals surface area contributed by atoms with Gasteiger partial charge in [0.1, 0.15) is 0 Å². The first kappa shape index (κ1) is 13.4. The van der Waals surface area contributed by atoms with Crippen molar-refractivity contribution in [3.8, 4) is 0 Å². The topological polar surface area (TPSA) is 83.6 Å². The Hall–Kier alpha value is -2.63. The summed E-state index contributed by atoms with van der Waals surface area (Å²) < 4.78 is 4.99. The molecule has 1 N–H and O–H groups in total. The molecule has 6 heteroatoms. The number of carbonyl (C=O) groups excluding carboxylic acids is 1.